The van der Waals surface area contributed by atoms with Gasteiger partial charge in [-0.15, -0.1) is 0 Å². The molecule has 220 valence electrons. The molecule has 2 aliphatic carbocycles. The molecule has 1 unspecified atom stereocenters. The summed E-state index contributed by atoms with van der Waals surface area (Å²) in [5, 5.41) is 5.50. The Hall–Kier alpha value is -2.03. The third kappa shape index (κ3) is 12.2. The van der Waals surface area contributed by atoms with E-state index in [9.17, 15) is 14.4 Å². The molecule has 7 atom stereocenters. The first-order valence-corrected chi connectivity index (χ1v) is 14.3. The van der Waals surface area contributed by atoms with Crippen LogP contribution in [-0.2, 0) is 23.7 Å². The van der Waals surface area contributed by atoms with Gasteiger partial charge in [0.15, 0.2) is 0 Å². The number of carbonyl (C=O) groups excluding carboxylic acids is 3. The first-order chi connectivity index (χ1) is 17.5. The average Bonchev–Trinajstić information content (AvgIpc) is 3.09. The van der Waals surface area contributed by atoms with Crippen molar-refractivity contribution in [1.29, 1.82) is 0 Å². The van der Waals surface area contributed by atoms with Gasteiger partial charge in [-0.25, -0.2) is 9.59 Å². The van der Waals surface area contributed by atoms with Gasteiger partial charge >= 0.3 is 18.2 Å². The number of alkyl carbamates (subject to hydrolysis) is 2. The van der Waals surface area contributed by atoms with Crippen LogP contribution in [0.1, 0.15) is 101 Å². The first kappa shape index (κ1) is 32.2. The molecule has 2 N–H and O–H groups in total. The normalized spacial score (nSPS) is 24.5. The number of amides is 2. The molecular formula is C29H52N2O7. The molecule has 2 amide bonds. The fourth-order valence-corrected chi connectivity index (χ4v) is 5.44. The molecular weight excluding hydrogens is 488 g/mol. The molecule has 0 saturated heterocycles. The second-order valence-electron chi connectivity index (χ2n) is 13.5. The van der Waals surface area contributed by atoms with E-state index in [1.165, 1.54) is 32.1 Å². The number of hydrogen-bond donors (Lipinski definition) is 2. The minimum absolute atomic E-state index is 0.0410. The van der Waals surface area contributed by atoms with Crippen molar-refractivity contribution in [3.05, 3.63) is 0 Å². The Morgan fingerprint density at radius 3 is 1.71 bits per heavy atom. The van der Waals surface area contributed by atoms with Crippen molar-refractivity contribution in [2.45, 2.75) is 130 Å². The van der Waals surface area contributed by atoms with Gasteiger partial charge in [0.1, 0.15) is 17.8 Å². The standard InChI is InChI=1S/C29H52N2O7/c1-18(30-26(33)37-28(4,5)6)16-35-24(15-23-13-21-10-11-22(12-21)14-23)20(3)25(32)36-17-19(2)31-27(34)38-29(7,8)9/h18-24H,10-17H2,1-9H3,(H,30,33)(H,31,34)/t18-,19-,20-,21-,22+,23?,24-/m1/s1. The quantitative estimate of drug-likeness (QED) is 0.259. The molecule has 2 saturated carbocycles. The van der Waals surface area contributed by atoms with E-state index in [4.69, 9.17) is 18.9 Å². The minimum atomic E-state index is -0.604. The third-order valence-electron chi connectivity index (χ3n) is 7.04. The Morgan fingerprint density at radius 2 is 1.24 bits per heavy atom. The lowest BCUT2D eigenvalue weighted by Crippen LogP contribution is -2.43. The smallest absolute Gasteiger partial charge is 0.407 e. The molecule has 0 aromatic carbocycles. The van der Waals surface area contributed by atoms with Crippen LogP contribution in [0.4, 0.5) is 9.59 Å². The number of carbonyl (C=O) groups is 3. The highest BCUT2D eigenvalue weighted by molar-refractivity contribution is 5.73. The molecule has 2 bridgehead atoms. The first-order valence-electron chi connectivity index (χ1n) is 14.3. The summed E-state index contributed by atoms with van der Waals surface area (Å²) in [4.78, 5) is 37.2. The second kappa shape index (κ2) is 13.9. The molecule has 0 aromatic heterocycles. The van der Waals surface area contributed by atoms with E-state index in [0.717, 1.165) is 18.3 Å². The molecule has 0 aliphatic heterocycles. The summed E-state index contributed by atoms with van der Waals surface area (Å²) in [5.41, 5.74) is -1.19. The van der Waals surface area contributed by atoms with Crippen molar-refractivity contribution >= 4 is 18.2 Å². The summed E-state index contributed by atoms with van der Waals surface area (Å²) < 4.78 is 22.5. The molecule has 0 aromatic rings. The second-order valence-corrected chi connectivity index (χ2v) is 13.5. The van der Waals surface area contributed by atoms with Crippen molar-refractivity contribution in [3.63, 3.8) is 0 Å². The van der Waals surface area contributed by atoms with Crippen LogP contribution in [0.25, 0.3) is 0 Å². The van der Waals surface area contributed by atoms with Crippen LogP contribution in [-0.4, -0.2) is 60.8 Å². The highest BCUT2D eigenvalue weighted by Gasteiger charge is 2.37. The Kier molecular flexibility index (Phi) is 11.7. The van der Waals surface area contributed by atoms with Gasteiger partial charge in [0.05, 0.1) is 30.7 Å². The van der Waals surface area contributed by atoms with Gasteiger partial charge in [-0.2, -0.15) is 0 Å². The van der Waals surface area contributed by atoms with E-state index in [2.05, 4.69) is 10.6 Å². The number of fused-ring (bicyclic) bond motifs is 2. The van der Waals surface area contributed by atoms with Crippen molar-refractivity contribution in [2.24, 2.45) is 23.7 Å². The number of nitrogens with one attached hydrogen (secondary N) is 2. The molecule has 9 nitrogen and oxygen atoms in total. The Labute approximate surface area is 229 Å². The zero-order chi connectivity index (χ0) is 28.7. The van der Waals surface area contributed by atoms with Crippen LogP contribution >= 0.6 is 0 Å². The largest absolute Gasteiger partial charge is 0.463 e. The van der Waals surface area contributed by atoms with Crippen molar-refractivity contribution < 1.29 is 33.3 Å². The van der Waals surface area contributed by atoms with Crippen molar-refractivity contribution in [1.82, 2.24) is 10.6 Å². The Morgan fingerprint density at radius 1 is 0.763 bits per heavy atom. The number of ether oxygens (including phenoxy) is 4. The fourth-order valence-electron chi connectivity index (χ4n) is 5.44. The maximum Gasteiger partial charge on any atom is 0.407 e. The summed E-state index contributed by atoms with van der Waals surface area (Å²) in [6, 6.07) is -0.677. The van der Waals surface area contributed by atoms with Gasteiger partial charge in [-0.05, 0) is 106 Å². The molecule has 2 aliphatic rings. The van der Waals surface area contributed by atoms with Gasteiger partial charge in [-0.3, -0.25) is 4.79 Å². The SMILES string of the molecule is C[C@H](COC(=O)[C@H](C)[C@@H](CC1C[C@H]2CC[C@@H](C1)C2)OC[C@@H](C)NC(=O)OC(C)(C)C)NC(=O)OC(C)(C)C. The zero-order valence-corrected chi connectivity index (χ0v) is 25.1. The van der Waals surface area contributed by atoms with Crippen LogP contribution in [0.5, 0.6) is 0 Å². The summed E-state index contributed by atoms with van der Waals surface area (Å²) in [6.45, 7) is 16.6. The monoisotopic (exact) mass is 540 g/mol. The Bertz CT molecular complexity index is 777. The van der Waals surface area contributed by atoms with Crippen LogP contribution in [0.15, 0.2) is 0 Å². The number of esters is 1. The fraction of sp³-hybridized carbons (Fsp3) is 0.897. The average molecular weight is 541 g/mol. The maximum atomic E-state index is 13.0. The van der Waals surface area contributed by atoms with E-state index < -0.39 is 35.3 Å². The van der Waals surface area contributed by atoms with E-state index in [-0.39, 0.29) is 31.3 Å². The highest BCUT2D eigenvalue weighted by Crippen LogP contribution is 2.46. The van der Waals surface area contributed by atoms with Gasteiger partial charge < -0.3 is 29.6 Å². The van der Waals surface area contributed by atoms with Crippen LogP contribution < -0.4 is 10.6 Å². The summed E-state index contributed by atoms with van der Waals surface area (Å²) in [6.07, 6.45) is 5.73. The molecule has 38 heavy (non-hydrogen) atoms. The van der Waals surface area contributed by atoms with Gasteiger partial charge in [0.2, 0.25) is 0 Å². The van der Waals surface area contributed by atoms with Gasteiger partial charge in [0.25, 0.3) is 0 Å². The van der Waals surface area contributed by atoms with Crippen LogP contribution in [0.3, 0.4) is 0 Å². The predicted octanol–water partition coefficient (Wildman–Crippen LogP) is 5.59. The third-order valence-corrected chi connectivity index (χ3v) is 7.04. The molecule has 2 rings (SSSR count). The van der Waals surface area contributed by atoms with E-state index in [1.807, 2.05) is 34.6 Å². The van der Waals surface area contributed by atoms with Crippen molar-refractivity contribution in [3.8, 4) is 0 Å². The topological polar surface area (TPSA) is 112 Å². The van der Waals surface area contributed by atoms with Crippen LogP contribution in [0, 0.1) is 23.7 Å². The van der Waals surface area contributed by atoms with E-state index >= 15 is 0 Å². The summed E-state index contributed by atoms with van der Waals surface area (Å²) >= 11 is 0. The van der Waals surface area contributed by atoms with Gasteiger partial charge in [0, 0.05) is 0 Å². The molecule has 2 fully saturated rings. The minimum Gasteiger partial charge on any atom is -0.463 e. The summed E-state index contributed by atoms with van der Waals surface area (Å²) in [7, 11) is 0. The molecule has 0 radical (unpaired) electrons. The lowest BCUT2D eigenvalue weighted by Gasteiger charge is -2.33. The molecule has 0 spiro atoms. The molecule has 9 heteroatoms. The highest BCUT2D eigenvalue weighted by atomic mass is 16.6. The van der Waals surface area contributed by atoms with Gasteiger partial charge in [-0.1, -0.05) is 12.8 Å². The zero-order valence-electron chi connectivity index (χ0n) is 25.1. The Balaban J connectivity index is 1.93. The van der Waals surface area contributed by atoms with E-state index in [1.54, 1.807) is 27.7 Å². The maximum absolute atomic E-state index is 13.0. The van der Waals surface area contributed by atoms with Crippen molar-refractivity contribution in [2.75, 3.05) is 13.2 Å². The number of hydrogen-bond acceptors (Lipinski definition) is 7. The summed E-state index contributed by atoms with van der Waals surface area (Å²) in [5.74, 6) is 1.24. The van der Waals surface area contributed by atoms with E-state index in [0.29, 0.717) is 5.92 Å². The predicted molar refractivity (Wildman–Crippen MR) is 146 cm³/mol. The number of rotatable bonds is 11. The van der Waals surface area contributed by atoms with Crippen LogP contribution in [0.2, 0.25) is 0 Å². The lowest BCUT2D eigenvalue weighted by molar-refractivity contribution is -0.155. The lowest BCUT2D eigenvalue weighted by atomic mass is 9.77. The molecule has 0 heterocycles.